The average molecular weight is 934 g/mol. The zero-order chi connectivity index (χ0) is 52.6. The molecule has 0 spiro atoms. The Morgan fingerprint density at radius 1 is 0.875 bits per heavy atom. The maximum Gasteiger partial charge on any atom is 0.362 e. The summed E-state index contributed by atoms with van der Waals surface area (Å²) in [5.41, 5.74) is -3.57. The number of piperazine rings is 1. The first kappa shape index (κ1) is 35.5. The number of amides is 4. The molecule has 4 aliphatic heterocycles. The Labute approximate surface area is 381 Å². The van der Waals surface area contributed by atoms with Gasteiger partial charge >= 0.3 is 7.60 Å². The van der Waals surface area contributed by atoms with Gasteiger partial charge in [-0.25, -0.2) is 18.2 Å². The summed E-state index contributed by atoms with van der Waals surface area (Å²) in [5.74, 6) is -12.2. The number of halogens is 4. The minimum absolute atomic E-state index is 0.0968. The third-order valence-corrected chi connectivity index (χ3v) is 13.2. The Morgan fingerprint density at radius 2 is 1.56 bits per heavy atom. The number of hydrogen-bond donors (Lipinski definition) is 3. The van der Waals surface area contributed by atoms with Crippen LogP contribution in [0.25, 0.3) is 0 Å². The molecule has 3 fully saturated rings. The van der Waals surface area contributed by atoms with E-state index in [1.807, 2.05) is 10.2 Å². The van der Waals surface area contributed by atoms with Gasteiger partial charge in [-0.15, -0.1) is 0 Å². The van der Waals surface area contributed by atoms with Gasteiger partial charge in [-0.2, -0.15) is 4.98 Å². The second-order valence-electron chi connectivity index (χ2n) is 14.7. The number of fused-ring (bicyclic) bond motifs is 1. The lowest BCUT2D eigenvalue weighted by molar-refractivity contribution is -0.136. The van der Waals surface area contributed by atoms with E-state index in [0.717, 1.165) is 0 Å². The second-order valence-corrected chi connectivity index (χ2v) is 17.3. The molecule has 0 aliphatic carbocycles. The molecule has 338 valence electrons. The number of anilines is 6. The van der Waals surface area contributed by atoms with Crippen molar-refractivity contribution in [3.05, 3.63) is 82.3 Å². The SMILES string of the molecule is [2H]C1([2H])N(CC2CCN(c3ccc(Nc4ncc(Cl)c(Nc5ccccc5P(=O)(OC)OC)n4)c(OC)c3)CC2)C([2H])([2H])C([2H])([2H])N(c2c(F)c(F)c3c(c2F)C(=O)N(C2CCC(=O)NC2=O)C3=O)C1([2H])[2H]. The van der Waals surface area contributed by atoms with Gasteiger partial charge in [-0.1, -0.05) is 23.7 Å². The van der Waals surface area contributed by atoms with E-state index < -0.39 is 121 Å². The zero-order valence-electron chi connectivity index (χ0n) is 42.1. The Morgan fingerprint density at radius 3 is 2.23 bits per heavy atom. The summed E-state index contributed by atoms with van der Waals surface area (Å²) in [6.07, 6.45) is 0.983. The predicted molar refractivity (Wildman–Crippen MR) is 231 cm³/mol. The van der Waals surface area contributed by atoms with Gasteiger partial charge in [0.1, 0.15) is 22.5 Å². The first-order chi connectivity index (χ1) is 33.8. The molecule has 4 aromatic rings. The lowest BCUT2D eigenvalue weighted by Gasteiger charge is -2.40. The lowest BCUT2D eigenvalue weighted by atomic mass is 9.95. The third-order valence-electron chi connectivity index (χ3n) is 11.0. The molecule has 3 N–H and O–H groups in total. The Balaban J connectivity index is 0.984. The molecule has 1 aromatic heterocycles. The maximum absolute atomic E-state index is 16.6. The van der Waals surface area contributed by atoms with Crippen LogP contribution in [0.2, 0.25) is 5.02 Å². The number of hydrogen-bond acceptors (Lipinski definition) is 15. The van der Waals surface area contributed by atoms with Crippen LogP contribution in [-0.2, 0) is 23.2 Å². The number of methoxy groups -OCH3 is 1. The first-order valence-corrected chi connectivity index (χ1v) is 21.5. The van der Waals surface area contributed by atoms with E-state index in [0.29, 0.717) is 22.8 Å². The van der Waals surface area contributed by atoms with E-state index in [1.54, 1.807) is 42.5 Å². The molecule has 1 atom stereocenters. The fourth-order valence-electron chi connectivity index (χ4n) is 7.73. The first-order valence-electron chi connectivity index (χ1n) is 23.6. The van der Waals surface area contributed by atoms with Gasteiger partial charge in [0, 0.05) is 83.5 Å². The van der Waals surface area contributed by atoms with Gasteiger partial charge in [0.15, 0.2) is 23.3 Å². The van der Waals surface area contributed by atoms with Crippen molar-refractivity contribution in [1.82, 2.24) is 25.1 Å². The third kappa shape index (κ3) is 8.47. The number of carbonyl (C=O) groups excluding carboxylic acids is 4. The van der Waals surface area contributed by atoms with Crippen LogP contribution < -0.4 is 35.8 Å². The molecule has 0 saturated carbocycles. The zero-order valence-corrected chi connectivity index (χ0v) is 35.8. The van der Waals surface area contributed by atoms with Crippen molar-refractivity contribution < 1.29 is 61.7 Å². The van der Waals surface area contributed by atoms with Crippen LogP contribution in [0.5, 0.6) is 5.75 Å². The van der Waals surface area contributed by atoms with Crippen molar-refractivity contribution in [3.63, 3.8) is 0 Å². The fourth-order valence-corrected chi connectivity index (χ4v) is 9.11. The number of imide groups is 2. The van der Waals surface area contributed by atoms with Crippen LogP contribution in [0.15, 0.2) is 48.7 Å². The molecule has 1 unspecified atom stereocenters. The van der Waals surface area contributed by atoms with Gasteiger partial charge in [-0.3, -0.25) is 38.9 Å². The number of carbonyl (C=O) groups is 4. The van der Waals surface area contributed by atoms with Crippen LogP contribution >= 0.6 is 19.2 Å². The predicted octanol–water partition coefficient (Wildman–Crippen LogP) is 5.59. The van der Waals surface area contributed by atoms with E-state index in [-0.39, 0.29) is 64.2 Å². The summed E-state index contributed by atoms with van der Waals surface area (Å²) in [6.45, 7) is -15.1. The molecule has 4 amide bonds. The molecule has 4 aliphatic rings. The number of nitrogens with one attached hydrogen (secondary N) is 3. The molecule has 17 nitrogen and oxygen atoms in total. The number of piperidine rings is 2. The van der Waals surface area contributed by atoms with Crippen LogP contribution in [-0.4, -0.2) is 116 Å². The molecule has 0 bridgehead atoms. The highest BCUT2D eigenvalue weighted by Crippen LogP contribution is 2.47. The summed E-state index contributed by atoms with van der Waals surface area (Å²) in [7, 11) is 0.268. The molecule has 3 saturated heterocycles. The van der Waals surface area contributed by atoms with Gasteiger partial charge in [0.2, 0.25) is 17.8 Å². The number of aromatic nitrogens is 2. The summed E-state index contributed by atoms with van der Waals surface area (Å²) in [6, 6.07) is 9.98. The van der Waals surface area contributed by atoms with Crippen molar-refractivity contribution in [2.75, 3.05) is 87.4 Å². The highest BCUT2D eigenvalue weighted by atomic mass is 35.5. The van der Waals surface area contributed by atoms with Crippen molar-refractivity contribution >= 4 is 82.6 Å². The highest BCUT2D eigenvalue weighted by molar-refractivity contribution is 7.62. The van der Waals surface area contributed by atoms with Crippen molar-refractivity contribution in [3.8, 4) is 5.75 Å². The van der Waals surface area contributed by atoms with Gasteiger partial charge in [-0.05, 0) is 49.4 Å². The molecule has 5 heterocycles. The number of benzene rings is 3. The topological polar surface area (TPSA) is 188 Å². The lowest BCUT2D eigenvalue weighted by Crippen LogP contribution is -2.54. The molecule has 64 heavy (non-hydrogen) atoms. The number of nitrogens with zero attached hydrogens (tertiary/aromatic N) is 6. The van der Waals surface area contributed by atoms with E-state index in [1.165, 1.54) is 27.5 Å². The monoisotopic (exact) mass is 933 g/mol. The number of ether oxygens (including phenoxy) is 1. The largest absolute Gasteiger partial charge is 0.494 e. The molecule has 3 aromatic carbocycles. The summed E-state index contributed by atoms with van der Waals surface area (Å²) < 4.78 is 149. The summed E-state index contributed by atoms with van der Waals surface area (Å²) >= 11 is 6.44. The minimum atomic E-state index is -3.92. The normalized spacial score (nSPS) is 23.7. The molecule has 8 rings (SSSR count). The second kappa shape index (κ2) is 18.4. The molecule has 0 radical (unpaired) electrons. The van der Waals surface area contributed by atoms with Gasteiger partial charge < -0.3 is 34.2 Å². The Hall–Kier alpha value is -5.79. The van der Waals surface area contributed by atoms with Crippen molar-refractivity contribution in [2.24, 2.45) is 5.92 Å². The maximum atomic E-state index is 16.6. The Bertz CT molecular complexity index is 2930. The van der Waals surface area contributed by atoms with E-state index in [9.17, 15) is 23.7 Å². The van der Waals surface area contributed by atoms with Gasteiger partial charge in [0.25, 0.3) is 11.8 Å². The molecule has 22 heteroatoms. The standard InChI is InChI=1S/C42H44ClF3N9O8P/c1-61-29-20-24(8-9-26(29)49-42-47-21-25(43)38(51-42)48-27-6-4-5-7-30(27)64(60,62-2)63-3)53-14-12-23(13-15-53)22-52-16-18-54(19-17-52)37-35(45)33-32(34(44)36(37)46)40(58)55(41(33)59)28-10-11-31(56)50-39(28)57/h4-9,20-21,23,28H,10-19,22H2,1-3H3,(H,50,56,57)(H2,47,48,49,51)/i16D2,17D2,18D2,19D2. The number of para-hydroxylation sites is 1. The molecular weight excluding hydrogens is 882 g/mol. The van der Waals surface area contributed by atoms with Crippen LogP contribution in [0.3, 0.4) is 0 Å². The van der Waals surface area contributed by atoms with Crippen molar-refractivity contribution in [1.29, 1.82) is 0 Å². The van der Waals surface area contributed by atoms with Crippen LogP contribution in [0.1, 0.15) is 57.4 Å². The molecular formula is C42H44ClF3N9O8P. The van der Waals surface area contributed by atoms with Crippen LogP contribution in [0, 0.1) is 23.4 Å². The number of rotatable bonds is 13. The average Bonchev–Trinajstić information content (AvgIpc) is 3.60. The van der Waals surface area contributed by atoms with E-state index in [2.05, 4.69) is 20.6 Å². The quantitative estimate of drug-likeness (QED) is 0.0855. The van der Waals surface area contributed by atoms with Gasteiger partial charge in [0.05, 0.1) is 46.6 Å². The fraction of sp³-hybridized carbons (Fsp3) is 0.381. The highest BCUT2D eigenvalue weighted by Gasteiger charge is 2.50. The Kier molecular flexibility index (Phi) is 10.2. The summed E-state index contributed by atoms with van der Waals surface area (Å²) in [5, 5.41) is 8.38. The smallest absolute Gasteiger partial charge is 0.362 e. The summed E-state index contributed by atoms with van der Waals surface area (Å²) in [4.78, 5) is 61.7. The van der Waals surface area contributed by atoms with Crippen LogP contribution in [0.4, 0.5) is 47.7 Å². The minimum Gasteiger partial charge on any atom is -0.494 e. The van der Waals surface area contributed by atoms with E-state index >= 15 is 13.2 Å². The van der Waals surface area contributed by atoms with Crippen molar-refractivity contribution in [2.45, 2.75) is 31.7 Å². The van der Waals surface area contributed by atoms with E-state index in [4.69, 9.17) is 36.4 Å².